The van der Waals surface area contributed by atoms with Crippen molar-refractivity contribution in [3.05, 3.63) is 35.6 Å². The monoisotopic (exact) mass is 241 g/mol. The maximum atomic E-state index is 13.5. The fraction of sp³-hybridized carbons (Fsp3) is 0.417. The molecule has 4 nitrogen and oxygen atoms in total. The van der Waals surface area contributed by atoms with Gasteiger partial charge in [-0.2, -0.15) is 0 Å². The van der Waals surface area contributed by atoms with Crippen molar-refractivity contribution in [2.75, 3.05) is 13.7 Å². The number of hydrogen-bond acceptors (Lipinski definition) is 3. The Labute approximate surface area is 99.4 Å². The molecule has 0 aliphatic rings. The average molecular weight is 241 g/mol. The SMILES string of the molecule is COCC(N[C@H](C)c1ccccc1F)C(=O)O. The number of rotatable bonds is 6. The van der Waals surface area contributed by atoms with Crippen LogP contribution in [0.1, 0.15) is 18.5 Å². The first-order valence-electron chi connectivity index (χ1n) is 5.28. The van der Waals surface area contributed by atoms with Crippen molar-refractivity contribution in [3.63, 3.8) is 0 Å². The highest BCUT2D eigenvalue weighted by molar-refractivity contribution is 5.73. The van der Waals surface area contributed by atoms with E-state index in [4.69, 9.17) is 9.84 Å². The Morgan fingerprint density at radius 3 is 2.71 bits per heavy atom. The van der Waals surface area contributed by atoms with Gasteiger partial charge in [0, 0.05) is 18.7 Å². The predicted molar refractivity (Wildman–Crippen MR) is 61.3 cm³/mol. The minimum atomic E-state index is -1.02. The number of nitrogens with one attached hydrogen (secondary N) is 1. The number of methoxy groups -OCH3 is 1. The van der Waals surface area contributed by atoms with Gasteiger partial charge in [0.1, 0.15) is 11.9 Å². The van der Waals surface area contributed by atoms with Crippen LogP contribution in [0.4, 0.5) is 4.39 Å². The number of carboxylic acid groups (broad SMARTS) is 1. The topological polar surface area (TPSA) is 58.6 Å². The highest BCUT2D eigenvalue weighted by Gasteiger charge is 2.21. The zero-order valence-electron chi connectivity index (χ0n) is 9.81. The molecular formula is C12H16FNO3. The summed E-state index contributed by atoms with van der Waals surface area (Å²) in [6, 6.07) is 5.03. The van der Waals surface area contributed by atoms with Gasteiger partial charge in [-0.05, 0) is 13.0 Å². The summed E-state index contributed by atoms with van der Waals surface area (Å²) in [6.07, 6.45) is 0. The lowest BCUT2D eigenvalue weighted by atomic mass is 10.1. The molecule has 0 amide bonds. The molecule has 0 spiro atoms. The van der Waals surface area contributed by atoms with E-state index in [1.54, 1.807) is 25.1 Å². The van der Waals surface area contributed by atoms with E-state index in [9.17, 15) is 9.18 Å². The summed E-state index contributed by atoms with van der Waals surface area (Å²) in [5, 5.41) is 11.7. The zero-order valence-corrected chi connectivity index (χ0v) is 9.81. The third-order valence-electron chi connectivity index (χ3n) is 2.45. The maximum absolute atomic E-state index is 13.5. The average Bonchev–Trinajstić information content (AvgIpc) is 2.28. The van der Waals surface area contributed by atoms with Crippen molar-refractivity contribution < 1.29 is 19.0 Å². The molecule has 0 bridgehead atoms. The molecule has 0 aliphatic carbocycles. The summed E-state index contributed by atoms with van der Waals surface area (Å²) in [6.45, 7) is 1.75. The first-order valence-corrected chi connectivity index (χ1v) is 5.28. The van der Waals surface area contributed by atoms with Crippen LogP contribution in [-0.4, -0.2) is 30.8 Å². The largest absolute Gasteiger partial charge is 0.480 e. The molecule has 0 saturated carbocycles. The highest BCUT2D eigenvalue weighted by Crippen LogP contribution is 2.16. The summed E-state index contributed by atoms with van der Waals surface area (Å²) in [5.41, 5.74) is 0.440. The second kappa shape index (κ2) is 6.32. The van der Waals surface area contributed by atoms with Crippen LogP contribution in [0, 0.1) is 5.82 Å². The first kappa shape index (κ1) is 13.6. The molecule has 1 rings (SSSR count). The van der Waals surface area contributed by atoms with E-state index in [0.717, 1.165) is 0 Å². The van der Waals surface area contributed by atoms with Crippen LogP contribution < -0.4 is 5.32 Å². The molecule has 2 N–H and O–H groups in total. The molecule has 0 fully saturated rings. The molecule has 2 atom stereocenters. The molecule has 5 heteroatoms. The Morgan fingerprint density at radius 1 is 1.53 bits per heavy atom. The van der Waals surface area contributed by atoms with Crippen LogP contribution in [0.2, 0.25) is 0 Å². The Hall–Kier alpha value is -1.46. The second-order valence-corrected chi connectivity index (χ2v) is 3.76. The molecule has 0 radical (unpaired) electrons. The maximum Gasteiger partial charge on any atom is 0.323 e. The third kappa shape index (κ3) is 3.80. The van der Waals surface area contributed by atoms with E-state index in [-0.39, 0.29) is 12.4 Å². The summed E-state index contributed by atoms with van der Waals surface area (Å²) in [7, 11) is 1.42. The van der Waals surface area contributed by atoms with Crippen LogP contribution in [0.15, 0.2) is 24.3 Å². The van der Waals surface area contributed by atoms with Crippen LogP contribution >= 0.6 is 0 Å². The molecule has 0 aliphatic heterocycles. The van der Waals surface area contributed by atoms with Gasteiger partial charge in [0.2, 0.25) is 0 Å². The lowest BCUT2D eigenvalue weighted by Gasteiger charge is -2.20. The molecule has 17 heavy (non-hydrogen) atoms. The summed E-state index contributed by atoms with van der Waals surface area (Å²) < 4.78 is 18.3. The van der Waals surface area contributed by atoms with Gasteiger partial charge in [-0.1, -0.05) is 18.2 Å². The van der Waals surface area contributed by atoms with E-state index < -0.39 is 18.1 Å². The standard InChI is InChI=1S/C12H16FNO3/c1-8(9-5-3-4-6-10(9)13)14-11(7-17-2)12(15)16/h3-6,8,11,14H,7H2,1-2H3,(H,15,16)/t8-,11?/m1/s1. The van der Waals surface area contributed by atoms with Gasteiger partial charge in [-0.15, -0.1) is 0 Å². The van der Waals surface area contributed by atoms with Gasteiger partial charge in [-0.25, -0.2) is 4.39 Å². The van der Waals surface area contributed by atoms with E-state index >= 15 is 0 Å². The lowest BCUT2D eigenvalue weighted by Crippen LogP contribution is -2.41. The third-order valence-corrected chi connectivity index (χ3v) is 2.45. The highest BCUT2D eigenvalue weighted by atomic mass is 19.1. The Bertz CT molecular complexity index is 384. The Balaban J connectivity index is 2.73. The Kier molecular flexibility index (Phi) is 5.06. The lowest BCUT2D eigenvalue weighted by molar-refractivity contribution is -0.141. The summed E-state index contributed by atoms with van der Waals surface area (Å²) in [5.74, 6) is -1.37. The van der Waals surface area contributed by atoms with Gasteiger partial charge >= 0.3 is 5.97 Å². The number of carbonyl (C=O) groups is 1. The fourth-order valence-electron chi connectivity index (χ4n) is 1.58. The smallest absolute Gasteiger partial charge is 0.323 e. The number of ether oxygens (including phenoxy) is 1. The normalized spacial score (nSPS) is 14.3. The molecule has 0 aromatic heterocycles. The molecular weight excluding hydrogens is 225 g/mol. The summed E-state index contributed by atoms with van der Waals surface area (Å²) >= 11 is 0. The van der Waals surface area contributed by atoms with Gasteiger partial charge in [0.25, 0.3) is 0 Å². The van der Waals surface area contributed by atoms with E-state index in [1.165, 1.54) is 13.2 Å². The number of benzene rings is 1. The van der Waals surface area contributed by atoms with Gasteiger partial charge < -0.3 is 9.84 Å². The zero-order chi connectivity index (χ0) is 12.8. The van der Waals surface area contributed by atoms with Crippen molar-refractivity contribution in [1.29, 1.82) is 0 Å². The second-order valence-electron chi connectivity index (χ2n) is 3.76. The molecule has 0 heterocycles. The van der Waals surface area contributed by atoms with Crippen LogP contribution in [0.3, 0.4) is 0 Å². The number of aliphatic carboxylic acids is 1. The van der Waals surface area contributed by atoms with Gasteiger partial charge in [-0.3, -0.25) is 10.1 Å². The van der Waals surface area contributed by atoms with Crippen molar-refractivity contribution in [2.24, 2.45) is 0 Å². The van der Waals surface area contributed by atoms with E-state index in [2.05, 4.69) is 5.32 Å². The van der Waals surface area contributed by atoms with Gasteiger partial charge in [0.05, 0.1) is 6.61 Å². The van der Waals surface area contributed by atoms with Crippen LogP contribution in [0.5, 0.6) is 0 Å². The first-order chi connectivity index (χ1) is 8.06. The quantitative estimate of drug-likeness (QED) is 0.793. The van der Waals surface area contributed by atoms with E-state index in [0.29, 0.717) is 5.56 Å². The van der Waals surface area contributed by atoms with Crippen molar-refractivity contribution in [3.8, 4) is 0 Å². The van der Waals surface area contributed by atoms with Crippen molar-refractivity contribution >= 4 is 5.97 Å². The Morgan fingerprint density at radius 2 is 2.18 bits per heavy atom. The molecule has 0 saturated heterocycles. The number of hydrogen-bond donors (Lipinski definition) is 2. The van der Waals surface area contributed by atoms with Crippen molar-refractivity contribution in [1.82, 2.24) is 5.32 Å². The van der Waals surface area contributed by atoms with Gasteiger partial charge in [0.15, 0.2) is 0 Å². The number of carboxylic acids is 1. The molecule has 1 aromatic rings. The summed E-state index contributed by atoms with van der Waals surface area (Å²) in [4.78, 5) is 10.9. The predicted octanol–water partition coefficient (Wildman–Crippen LogP) is 1.58. The number of halogens is 1. The minimum absolute atomic E-state index is 0.0358. The fourth-order valence-corrected chi connectivity index (χ4v) is 1.58. The molecule has 1 aromatic carbocycles. The molecule has 1 unspecified atom stereocenters. The van der Waals surface area contributed by atoms with E-state index in [1.807, 2.05) is 0 Å². The molecule has 94 valence electrons. The minimum Gasteiger partial charge on any atom is -0.480 e. The van der Waals surface area contributed by atoms with Crippen LogP contribution in [0.25, 0.3) is 0 Å². The van der Waals surface area contributed by atoms with Crippen LogP contribution in [-0.2, 0) is 9.53 Å². The van der Waals surface area contributed by atoms with Crippen molar-refractivity contribution in [2.45, 2.75) is 19.0 Å².